The molecule has 0 spiro atoms. The van der Waals surface area contributed by atoms with Crippen LogP contribution in [0.4, 0.5) is 5.69 Å². The lowest BCUT2D eigenvalue weighted by molar-refractivity contribution is 0.276. The summed E-state index contributed by atoms with van der Waals surface area (Å²) in [5, 5.41) is 16.8. The van der Waals surface area contributed by atoms with E-state index in [0.717, 1.165) is 11.3 Å². The van der Waals surface area contributed by atoms with Crippen molar-refractivity contribution in [1.82, 2.24) is 9.78 Å². The highest BCUT2D eigenvalue weighted by atomic mass is 16.3. The lowest BCUT2D eigenvalue weighted by atomic mass is 10.1. The largest absolute Gasteiger partial charge is 0.394 e. The topological polar surface area (TPSA) is 50.1 Å². The Kier molecular flexibility index (Phi) is 3.44. The molecule has 1 unspecified atom stereocenters. The molecule has 0 aliphatic carbocycles. The van der Waals surface area contributed by atoms with Gasteiger partial charge in [0.1, 0.15) is 0 Å². The number of aromatic nitrogens is 2. The van der Waals surface area contributed by atoms with E-state index in [9.17, 15) is 5.11 Å². The second-order valence-corrected chi connectivity index (χ2v) is 4.20. The number of hydrogen-bond donors (Lipinski definition) is 2. The van der Waals surface area contributed by atoms with Crippen LogP contribution in [0.2, 0.25) is 0 Å². The number of anilines is 1. The van der Waals surface area contributed by atoms with Crippen LogP contribution in [-0.4, -0.2) is 21.5 Å². The summed E-state index contributed by atoms with van der Waals surface area (Å²) in [6.07, 6.45) is 3.67. The third-order valence-electron chi connectivity index (χ3n) is 2.67. The van der Waals surface area contributed by atoms with Crippen LogP contribution in [-0.2, 0) is 7.05 Å². The van der Waals surface area contributed by atoms with Crippen molar-refractivity contribution >= 4 is 5.69 Å². The maximum atomic E-state index is 9.42. The molecular weight excluding hydrogens is 214 g/mol. The van der Waals surface area contributed by atoms with Gasteiger partial charge < -0.3 is 10.4 Å². The second kappa shape index (κ2) is 5.01. The molecule has 17 heavy (non-hydrogen) atoms. The molecule has 0 saturated heterocycles. The van der Waals surface area contributed by atoms with Gasteiger partial charge in [0.05, 0.1) is 18.8 Å². The molecule has 0 bridgehead atoms. The van der Waals surface area contributed by atoms with Crippen molar-refractivity contribution < 1.29 is 5.11 Å². The van der Waals surface area contributed by atoms with Gasteiger partial charge in [0, 0.05) is 24.5 Å². The number of aliphatic hydroxyl groups is 1. The van der Waals surface area contributed by atoms with Gasteiger partial charge in [-0.05, 0) is 24.6 Å². The van der Waals surface area contributed by atoms with E-state index in [2.05, 4.69) is 16.5 Å². The Morgan fingerprint density at radius 3 is 2.88 bits per heavy atom. The summed E-state index contributed by atoms with van der Waals surface area (Å²) < 4.78 is 1.73. The zero-order chi connectivity index (χ0) is 12.3. The van der Waals surface area contributed by atoms with E-state index in [1.807, 2.05) is 38.4 Å². The standard InChI is InChI=1S/C13H17N3O/c1-10-4-3-5-12(6-10)15-13(9-17)11-7-14-16(2)8-11/h3-8,13,15,17H,9H2,1-2H3. The molecule has 90 valence electrons. The minimum atomic E-state index is -0.120. The molecule has 2 rings (SSSR count). The number of nitrogens with zero attached hydrogens (tertiary/aromatic N) is 2. The van der Waals surface area contributed by atoms with E-state index < -0.39 is 0 Å². The Hall–Kier alpha value is -1.81. The highest BCUT2D eigenvalue weighted by Gasteiger charge is 2.11. The van der Waals surface area contributed by atoms with Gasteiger partial charge in [0.2, 0.25) is 0 Å². The third kappa shape index (κ3) is 2.85. The number of benzene rings is 1. The van der Waals surface area contributed by atoms with Crippen LogP contribution in [0, 0.1) is 6.92 Å². The molecular formula is C13H17N3O. The van der Waals surface area contributed by atoms with Crippen molar-refractivity contribution in [3.63, 3.8) is 0 Å². The van der Waals surface area contributed by atoms with Crippen LogP contribution < -0.4 is 5.32 Å². The summed E-state index contributed by atoms with van der Waals surface area (Å²) in [7, 11) is 1.87. The van der Waals surface area contributed by atoms with Crippen LogP contribution in [0.25, 0.3) is 0 Å². The Balaban J connectivity index is 2.15. The summed E-state index contributed by atoms with van der Waals surface area (Å²) in [5.74, 6) is 0. The van der Waals surface area contributed by atoms with Gasteiger partial charge in [-0.2, -0.15) is 5.10 Å². The number of nitrogens with one attached hydrogen (secondary N) is 1. The molecule has 0 amide bonds. The highest BCUT2D eigenvalue weighted by molar-refractivity contribution is 5.47. The molecule has 1 aromatic heterocycles. The maximum Gasteiger partial charge on any atom is 0.0775 e. The van der Waals surface area contributed by atoms with E-state index in [4.69, 9.17) is 0 Å². The third-order valence-corrected chi connectivity index (χ3v) is 2.67. The minimum absolute atomic E-state index is 0.0413. The number of aliphatic hydroxyl groups excluding tert-OH is 1. The quantitative estimate of drug-likeness (QED) is 0.844. The van der Waals surface area contributed by atoms with Gasteiger partial charge in [0.15, 0.2) is 0 Å². The average Bonchev–Trinajstić information content (AvgIpc) is 2.73. The molecule has 2 N–H and O–H groups in total. The fourth-order valence-electron chi connectivity index (χ4n) is 1.79. The summed E-state index contributed by atoms with van der Waals surface area (Å²) in [4.78, 5) is 0. The van der Waals surface area contributed by atoms with Crippen molar-refractivity contribution in [3.8, 4) is 0 Å². The molecule has 2 aromatic rings. The average molecular weight is 231 g/mol. The van der Waals surface area contributed by atoms with Gasteiger partial charge >= 0.3 is 0 Å². The summed E-state index contributed by atoms with van der Waals surface area (Å²) in [6, 6.07) is 7.97. The van der Waals surface area contributed by atoms with Gasteiger partial charge in [-0.1, -0.05) is 12.1 Å². The molecule has 0 fully saturated rings. The zero-order valence-corrected chi connectivity index (χ0v) is 10.1. The Bertz CT molecular complexity index is 493. The fourth-order valence-corrected chi connectivity index (χ4v) is 1.79. The smallest absolute Gasteiger partial charge is 0.0775 e. The summed E-state index contributed by atoms with van der Waals surface area (Å²) >= 11 is 0. The van der Waals surface area contributed by atoms with E-state index in [1.54, 1.807) is 10.9 Å². The first-order valence-corrected chi connectivity index (χ1v) is 5.61. The molecule has 0 radical (unpaired) electrons. The van der Waals surface area contributed by atoms with Crippen molar-refractivity contribution in [2.24, 2.45) is 7.05 Å². The summed E-state index contributed by atoms with van der Waals surface area (Å²) in [6.45, 7) is 2.09. The Morgan fingerprint density at radius 1 is 1.47 bits per heavy atom. The van der Waals surface area contributed by atoms with Crippen molar-refractivity contribution in [3.05, 3.63) is 47.8 Å². The Morgan fingerprint density at radius 2 is 2.29 bits per heavy atom. The molecule has 1 heterocycles. The van der Waals surface area contributed by atoms with E-state index in [0.29, 0.717) is 0 Å². The van der Waals surface area contributed by atoms with Crippen LogP contribution in [0.1, 0.15) is 17.2 Å². The minimum Gasteiger partial charge on any atom is -0.394 e. The molecule has 4 nitrogen and oxygen atoms in total. The summed E-state index contributed by atoms with van der Waals surface area (Å²) in [5.41, 5.74) is 3.18. The first kappa shape index (κ1) is 11.7. The molecule has 4 heteroatoms. The normalized spacial score (nSPS) is 12.4. The lowest BCUT2D eigenvalue weighted by Gasteiger charge is -2.16. The predicted molar refractivity (Wildman–Crippen MR) is 67.8 cm³/mol. The van der Waals surface area contributed by atoms with Gasteiger partial charge in [0.25, 0.3) is 0 Å². The molecule has 0 saturated carbocycles. The first-order chi connectivity index (χ1) is 8.19. The first-order valence-electron chi connectivity index (χ1n) is 5.61. The highest BCUT2D eigenvalue weighted by Crippen LogP contribution is 2.19. The van der Waals surface area contributed by atoms with Crippen LogP contribution in [0.3, 0.4) is 0 Å². The van der Waals surface area contributed by atoms with Crippen molar-refractivity contribution in [2.45, 2.75) is 13.0 Å². The fraction of sp³-hybridized carbons (Fsp3) is 0.308. The van der Waals surface area contributed by atoms with Crippen molar-refractivity contribution in [2.75, 3.05) is 11.9 Å². The van der Waals surface area contributed by atoms with Gasteiger partial charge in [-0.25, -0.2) is 0 Å². The van der Waals surface area contributed by atoms with E-state index in [1.165, 1.54) is 5.56 Å². The molecule has 1 aromatic carbocycles. The Labute approximate surface area is 101 Å². The SMILES string of the molecule is Cc1cccc(NC(CO)c2cnn(C)c2)c1. The maximum absolute atomic E-state index is 9.42. The van der Waals surface area contributed by atoms with E-state index in [-0.39, 0.29) is 12.6 Å². The zero-order valence-electron chi connectivity index (χ0n) is 10.1. The number of rotatable bonds is 4. The van der Waals surface area contributed by atoms with Crippen LogP contribution in [0.5, 0.6) is 0 Å². The van der Waals surface area contributed by atoms with Crippen molar-refractivity contribution in [1.29, 1.82) is 0 Å². The van der Waals surface area contributed by atoms with E-state index >= 15 is 0 Å². The molecule has 0 aliphatic heterocycles. The van der Waals surface area contributed by atoms with Gasteiger partial charge in [-0.15, -0.1) is 0 Å². The van der Waals surface area contributed by atoms with Crippen LogP contribution >= 0.6 is 0 Å². The number of hydrogen-bond acceptors (Lipinski definition) is 3. The monoisotopic (exact) mass is 231 g/mol. The van der Waals surface area contributed by atoms with Gasteiger partial charge in [-0.3, -0.25) is 4.68 Å². The molecule has 1 atom stereocenters. The second-order valence-electron chi connectivity index (χ2n) is 4.20. The molecule has 0 aliphatic rings. The number of aryl methyl sites for hydroxylation is 2. The predicted octanol–water partition coefficient (Wildman–Crippen LogP) is 1.87. The van der Waals surface area contributed by atoms with Crippen LogP contribution in [0.15, 0.2) is 36.7 Å². The lowest BCUT2D eigenvalue weighted by Crippen LogP contribution is -2.14.